The van der Waals surface area contributed by atoms with Gasteiger partial charge in [-0.25, -0.2) is 8.78 Å². The van der Waals surface area contributed by atoms with E-state index in [1.165, 1.54) is 13.1 Å². The number of nitrogens with zero attached hydrogens (tertiary/aromatic N) is 3. The van der Waals surface area contributed by atoms with E-state index < -0.39 is 54.1 Å². The first kappa shape index (κ1) is 25.5. The Morgan fingerprint density at radius 3 is 2.68 bits per heavy atom. The van der Waals surface area contributed by atoms with Crippen LogP contribution in [-0.2, 0) is 16.1 Å². The summed E-state index contributed by atoms with van der Waals surface area (Å²) < 4.78 is 51.6. The number of carbonyl (C=O) groups excluding carboxylic acids is 1. The van der Waals surface area contributed by atoms with E-state index in [0.717, 1.165) is 17.0 Å². The summed E-state index contributed by atoms with van der Waals surface area (Å²) in [7, 11) is 1.41. The van der Waals surface area contributed by atoms with Crippen molar-refractivity contribution in [3.05, 3.63) is 46.0 Å². The summed E-state index contributed by atoms with van der Waals surface area (Å²) in [5, 5.41) is 18.9. The number of hydrogen-bond donors (Lipinski definition) is 3. The summed E-state index contributed by atoms with van der Waals surface area (Å²) in [5.74, 6) is -2.71. The van der Waals surface area contributed by atoms with Crippen LogP contribution in [0.25, 0.3) is 11.2 Å². The number of aromatic nitrogens is 3. The number of rotatable bonds is 8. The number of ether oxygens (including phenoxy) is 4. The van der Waals surface area contributed by atoms with E-state index >= 15 is 0 Å². The molecule has 3 aromatic rings. The lowest BCUT2D eigenvalue weighted by Gasteiger charge is -2.16. The summed E-state index contributed by atoms with van der Waals surface area (Å²) in [5.41, 5.74) is 0.00112. The maximum atomic E-state index is 14.6. The number of H-pyrrole nitrogens is 1. The monoisotopic (exact) mass is 540 g/mol. The molecule has 0 radical (unpaired) electrons. The molecule has 0 bridgehead atoms. The Balaban J connectivity index is 1.29. The van der Waals surface area contributed by atoms with E-state index in [9.17, 15) is 18.7 Å². The standard InChI is InChI=1S/C23H23ClF2N4O7/c1-30(2-3-31)22(33)10-4-13(25)11(14(26)5-10)7-36-21-12(24)6-15-20(28-21)29-23(27-15)37-17-9-35-18-16(32)8-34-19(17)18/h4-6,16-19,31-32H,2-3,7-9H2,1H3,(H,27,28,29)/t16-,17-,18?,19-/m1/s1. The van der Waals surface area contributed by atoms with Crippen LogP contribution < -0.4 is 9.47 Å². The summed E-state index contributed by atoms with van der Waals surface area (Å²) in [4.78, 5) is 24.8. The number of imidazole rings is 1. The van der Waals surface area contributed by atoms with Crippen LogP contribution in [-0.4, -0.2) is 93.8 Å². The fourth-order valence-electron chi connectivity index (χ4n) is 4.20. The Morgan fingerprint density at radius 1 is 1.22 bits per heavy atom. The number of aliphatic hydroxyl groups excluding tert-OH is 2. The Morgan fingerprint density at radius 2 is 1.95 bits per heavy atom. The molecule has 14 heteroatoms. The molecule has 37 heavy (non-hydrogen) atoms. The average Bonchev–Trinajstić information content (AvgIpc) is 3.54. The van der Waals surface area contributed by atoms with Crippen LogP contribution in [0.4, 0.5) is 8.78 Å². The van der Waals surface area contributed by atoms with Gasteiger partial charge in [-0.3, -0.25) is 4.79 Å². The zero-order valence-electron chi connectivity index (χ0n) is 19.5. The number of amides is 1. The molecule has 5 rings (SSSR count). The normalized spacial score (nSPS) is 22.9. The minimum Gasteiger partial charge on any atom is -0.471 e. The summed E-state index contributed by atoms with van der Waals surface area (Å²) in [6.07, 6.45) is -2.09. The lowest BCUT2D eigenvalue weighted by atomic mass is 10.1. The molecule has 2 saturated heterocycles. The van der Waals surface area contributed by atoms with Crippen LogP contribution in [0.15, 0.2) is 18.2 Å². The van der Waals surface area contributed by atoms with Gasteiger partial charge in [-0.15, -0.1) is 0 Å². The van der Waals surface area contributed by atoms with Gasteiger partial charge < -0.3 is 39.0 Å². The van der Waals surface area contributed by atoms with Crippen molar-refractivity contribution in [3.8, 4) is 11.9 Å². The van der Waals surface area contributed by atoms with Gasteiger partial charge in [0.15, 0.2) is 11.8 Å². The molecule has 1 amide bonds. The third-order valence-corrected chi connectivity index (χ3v) is 6.41. The Labute approximate surface area is 213 Å². The van der Waals surface area contributed by atoms with Crippen molar-refractivity contribution >= 4 is 28.7 Å². The quantitative estimate of drug-likeness (QED) is 0.387. The van der Waals surface area contributed by atoms with Gasteiger partial charge in [0.2, 0.25) is 5.88 Å². The number of hydrogen-bond acceptors (Lipinski definition) is 9. The lowest BCUT2D eigenvalue weighted by molar-refractivity contribution is 0.00706. The van der Waals surface area contributed by atoms with Crippen molar-refractivity contribution in [2.24, 2.45) is 0 Å². The van der Waals surface area contributed by atoms with E-state index in [-0.39, 0.29) is 54.5 Å². The van der Waals surface area contributed by atoms with Gasteiger partial charge in [0.1, 0.15) is 41.6 Å². The van der Waals surface area contributed by atoms with E-state index in [4.69, 9.17) is 35.7 Å². The molecule has 2 aliphatic heterocycles. The highest BCUT2D eigenvalue weighted by molar-refractivity contribution is 6.32. The maximum absolute atomic E-state index is 14.6. The first-order valence-corrected chi connectivity index (χ1v) is 11.7. The third-order valence-electron chi connectivity index (χ3n) is 6.14. The number of fused-ring (bicyclic) bond motifs is 2. The van der Waals surface area contributed by atoms with E-state index in [2.05, 4.69) is 15.0 Å². The number of halogens is 3. The van der Waals surface area contributed by atoms with Crippen molar-refractivity contribution in [3.63, 3.8) is 0 Å². The number of aliphatic hydroxyl groups is 2. The lowest BCUT2D eigenvalue weighted by Crippen LogP contribution is -2.34. The second-order valence-electron chi connectivity index (χ2n) is 8.67. The molecule has 0 aliphatic carbocycles. The van der Waals surface area contributed by atoms with Gasteiger partial charge in [0.25, 0.3) is 11.9 Å². The average molecular weight is 541 g/mol. The number of carbonyl (C=O) groups is 1. The highest BCUT2D eigenvalue weighted by Gasteiger charge is 2.48. The number of nitrogens with one attached hydrogen (secondary N) is 1. The van der Waals surface area contributed by atoms with Crippen LogP contribution in [0.2, 0.25) is 5.02 Å². The minimum absolute atomic E-state index is 0.0198. The van der Waals surface area contributed by atoms with Crippen LogP contribution in [0, 0.1) is 11.6 Å². The van der Waals surface area contributed by atoms with Gasteiger partial charge in [-0.1, -0.05) is 11.6 Å². The molecular weight excluding hydrogens is 518 g/mol. The van der Waals surface area contributed by atoms with E-state index in [0.29, 0.717) is 5.52 Å². The van der Waals surface area contributed by atoms with Crippen molar-refractivity contribution in [2.75, 3.05) is 33.4 Å². The molecule has 2 aliphatic rings. The number of aromatic amines is 1. The second kappa shape index (κ2) is 10.3. The van der Waals surface area contributed by atoms with Gasteiger partial charge >= 0.3 is 0 Å². The van der Waals surface area contributed by atoms with Crippen molar-refractivity contribution < 1.29 is 42.7 Å². The van der Waals surface area contributed by atoms with Gasteiger partial charge in [-0.2, -0.15) is 9.97 Å². The molecule has 0 saturated carbocycles. The fourth-order valence-corrected chi connectivity index (χ4v) is 4.41. The van der Waals surface area contributed by atoms with Crippen molar-refractivity contribution in [1.29, 1.82) is 0 Å². The maximum Gasteiger partial charge on any atom is 0.296 e. The first-order valence-electron chi connectivity index (χ1n) is 11.4. The van der Waals surface area contributed by atoms with Gasteiger partial charge in [-0.05, 0) is 18.2 Å². The van der Waals surface area contributed by atoms with E-state index in [1.807, 2.05) is 0 Å². The molecule has 198 valence electrons. The van der Waals surface area contributed by atoms with Crippen LogP contribution in [0.1, 0.15) is 15.9 Å². The molecule has 4 atom stereocenters. The summed E-state index contributed by atoms with van der Waals surface area (Å²) >= 11 is 6.25. The van der Waals surface area contributed by atoms with Crippen molar-refractivity contribution in [1.82, 2.24) is 19.9 Å². The Bertz CT molecular complexity index is 1300. The Hall–Kier alpha value is -3.10. The number of pyridine rings is 1. The fraction of sp³-hybridized carbons (Fsp3) is 0.435. The molecule has 2 fully saturated rings. The molecule has 0 spiro atoms. The number of benzene rings is 1. The molecule has 1 aromatic carbocycles. The summed E-state index contributed by atoms with van der Waals surface area (Å²) in [6.45, 7) is -0.437. The molecule has 3 N–H and O–H groups in total. The zero-order valence-corrected chi connectivity index (χ0v) is 20.2. The molecular formula is C23H23ClF2N4O7. The van der Waals surface area contributed by atoms with Crippen LogP contribution in [0.3, 0.4) is 0 Å². The molecule has 2 aromatic heterocycles. The topological polar surface area (TPSA) is 139 Å². The third kappa shape index (κ3) is 5.05. The minimum atomic E-state index is -0.982. The SMILES string of the molecule is CN(CCO)C(=O)c1cc(F)c(COc2nc3nc(O[C@@H]4COC5[C@H](O)CO[C@@H]54)[nH]c3cc2Cl)c(F)c1. The zero-order chi connectivity index (χ0) is 26.3. The number of likely N-dealkylation sites (N-methyl/N-ethyl adjacent to an activating group) is 1. The highest BCUT2D eigenvalue weighted by atomic mass is 35.5. The smallest absolute Gasteiger partial charge is 0.296 e. The predicted octanol–water partition coefficient (Wildman–Crippen LogP) is 1.44. The molecule has 4 heterocycles. The largest absolute Gasteiger partial charge is 0.471 e. The highest BCUT2D eigenvalue weighted by Crippen LogP contribution is 2.31. The summed E-state index contributed by atoms with van der Waals surface area (Å²) in [6, 6.07) is 3.41. The Kier molecular flexibility index (Phi) is 7.14. The van der Waals surface area contributed by atoms with Crippen LogP contribution in [0.5, 0.6) is 11.9 Å². The van der Waals surface area contributed by atoms with Gasteiger partial charge in [0, 0.05) is 19.2 Å². The predicted molar refractivity (Wildman–Crippen MR) is 124 cm³/mol. The van der Waals surface area contributed by atoms with Gasteiger partial charge in [0.05, 0.1) is 30.9 Å². The second-order valence-corrected chi connectivity index (χ2v) is 9.07. The van der Waals surface area contributed by atoms with Crippen LogP contribution >= 0.6 is 11.6 Å². The van der Waals surface area contributed by atoms with E-state index in [1.54, 1.807) is 0 Å². The molecule has 1 unspecified atom stereocenters. The first-order chi connectivity index (χ1) is 17.7. The molecule has 11 nitrogen and oxygen atoms in total. The van der Waals surface area contributed by atoms with Crippen molar-refractivity contribution in [2.45, 2.75) is 31.0 Å².